The number of fused-ring (bicyclic) bond motifs is 1. The number of amides is 1. The van der Waals surface area contributed by atoms with Crippen LogP contribution in [0.25, 0.3) is 16.7 Å². The molecule has 2 aromatic heterocycles. The zero-order valence-corrected chi connectivity index (χ0v) is 20.5. The fourth-order valence-electron chi connectivity index (χ4n) is 4.66. The van der Waals surface area contributed by atoms with Crippen molar-refractivity contribution in [1.82, 2.24) is 14.9 Å². The second kappa shape index (κ2) is 9.91. The van der Waals surface area contributed by atoms with Gasteiger partial charge in [0.2, 0.25) is 0 Å². The van der Waals surface area contributed by atoms with Crippen molar-refractivity contribution >= 4 is 45.9 Å². The molecule has 1 amide bonds. The molecule has 8 nitrogen and oxygen atoms in total. The first kappa shape index (κ1) is 24.3. The number of esters is 1. The van der Waals surface area contributed by atoms with Crippen molar-refractivity contribution in [3.05, 3.63) is 106 Å². The van der Waals surface area contributed by atoms with Gasteiger partial charge in [0.1, 0.15) is 5.76 Å². The molecule has 1 atom stereocenters. The maximum Gasteiger partial charge on any atom is 0.337 e. The van der Waals surface area contributed by atoms with Gasteiger partial charge < -0.3 is 19.7 Å². The second-order valence-corrected chi connectivity index (χ2v) is 8.98. The number of aromatic nitrogens is 2. The molecule has 9 heteroatoms. The Balaban J connectivity index is 1.56. The SMILES string of the molecule is COC(=O)c1ccc(C2C(=C(O)c3cccnc3)C(=O)C(=O)N2CCc2c[nH]c3c(Cl)cccc23)cc1. The van der Waals surface area contributed by atoms with Crippen molar-refractivity contribution in [2.24, 2.45) is 0 Å². The number of carbonyl (C=O) groups is 3. The Bertz CT molecular complexity index is 1540. The lowest BCUT2D eigenvalue weighted by atomic mass is 9.95. The molecule has 37 heavy (non-hydrogen) atoms. The molecule has 1 aliphatic heterocycles. The minimum Gasteiger partial charge on any atom is -0.507 e. The molecule has 1 unspecified atom stereocenters. The summed E-state index contributed by atoms with van der Waals surface area (Å²) in [4.78, 5) is 47.0. The number of rotatable bonds is 6. The van der Waals surface area contributed by atoms with Gasteiger partial charge in [-0.3, -0.25) is 14.6 Å². The molecule has 5 rings (SSSR count). The number of nitrogens with zero attached hydrogens (tertiary/aromatic N) is 2. The number of Topliss-reactive ketones (excluding diaryl/α,β-unsaturated/α-hetero) is 1. The minimum atomic E-state index is -0.860. The number of hydrogen-bond acceptors (Lipinski definition) is 6. The molecule has 0 saturated carbocycles. The fraction of sp³-hybridized carbons (Fsp3) is 0.143. The quantitative estimate of drug-likeness (QED) is 0.167. The number of ketones is 1. The molecule has 1 aliphatic rings. The molecule has 2 aromatic carbocycles. The number of carbonyl (C=O) groups excluding carboxylic acids is 3. The van der Waals surface area contributed by atoms with Gasteiger partial charge >= 0.3 is 5.97 Å². The Kier molecular flexibility index (Phi) is 6.50. The molecule has 2 N–H and O–H groups in total. The smallest absolute Gasteiger partial charge is 0.337 e. The summed E-state index contributed by atoms with van der Waals surface area (Å²) in [5.74, 6) is -2.32. The van der Waals surface area contributed by atoms with E-state index in [1.165, 1.54) is 18.2 Å². The first-order chi connectivity index (χ1) is 17.9. The summed E-state index contributed by atoms with van der Waals surface area (Å²) in [6.45, 7) is 0.206. The molecular weight excluding hydrogens is 494 g/mol. The summed E-state index contributed by atoms with van der Waals surface area (Å²) in [5, 5.41) is 12.6. The van der Waals surface area contributed by atoms with Crippen LogP contribution in [0, 0.1) is 0 Å². The van der Waals surface area contributed by atoms with Crippen LogP contribution in [-0.2, 0) is 20.7 Å². The Hall–Kier alpha value is -4.43. The lowest BCUT2D eigenvalue weighted by Crippen LogP contribution is -2.31. The molecule has 0 radical (unpaired) electrons. The van der Waals surface area contributed by atoms with E-state index in [2.05, 4.69) is 9.97 Å². The molecule has 3 heterocycles. The molecule has 1 fully saturated rings. The summed E-state index contributed by atoms with van der Waals surface area (Å²) >= 11 is 6.29. The Morgan fingerprint density at radius 3 is 2.59 bits per heavy atom. The third-order valence-corrected chi connectivity index (χ3v) is 6.81. The maximum absolute atomic E-state index is 13.2. The summed E-state index contributed by atoms with van der Waals surface area (Å²) in [5.41, 5.74) is 2.92. The Morgan fingerprint density at radius 1 is 1.11 bits per heavy atom. The minimum absolute atomic E-state index is 0.0363. The first-order valence-corrected chi connectivity index (χ1v) is 11.9. The highest BCUT2D eigenvalue weighted by molar-refractivity contribution is 6.46. The predicted octanol–water partition coefficient (Wildman–Crippen LogP) is 4.67. The van der Waals surface area contributed by atoms with E-state index in [0.717, 1.165) is 16.5 Å². The number of ether oxygens (including phenoxy) is 1. The topological polar surface area (TPSA) is 113 Å². The number of pyridine rings is 1. The van der Waals surface area contributed by atoms with E-state index in [1.54, 1.807) is 48.7 Å². The van der Waals surface area contributed by atoms with Gasteiger partial charge in [-0.05, 0) is 47.9 Å². The molecule has 4 aromatic rings. The molecule has 0 bridgehead atoms. The van der Waals surface area contributed by atoms with Crippen molar-refractivity contribution in [2.45, 2.75) is 12.5 Å². The highest BCUT2D eigenvalue weighted by Gasteiger charge is 2.46. The van der Waals surface area contributed by atoms with Gasteiger partial charge in [0, 0.05) is 36.1 Å². The van der Waals surface area contributed by atoms with E-state index in [1.807, 2.05) is 18.3 Å². The molecule has 0 aliphatic carbocycles. The van der Waals surface area contributed by atoms with Crippen molar-refractivity contribution in [2.75, 3.05) is 13.7 Å². The third kappa shape index (κ3) is 4.36. The zero-order chi connectivity index (χ0) is 26.1. The van der Waals surface area contributed by atoms with Crippen LogP contribution in [0.15, 0.2) is 78.8 Å². The van der Waals surface area contributed by atoms with Crippen molar-refractivity contribution in [3.8, 4) is 0 Å². The first-order valence-electron chi connectivity index (χ1n) is 11.5. The molecular formula is C28H22ClN3O5. The lowest BCUT2D eigenvalue weighted by molar-refractivity contribution is -0.139. The van der Waals surface area contributed by atoms with Crippen LogP contribution in [0.1, 0.15) is 33.1 Å². The third-order valence-electron chi connectivity index (χ3n) is 6.49. The second-order valence-electron chi connectivity index (χ2n) is 8.57. The van der Waals surface area contributed by atoms with Crippen LogP contribution in [-0.4, -0.2) is 51.3 Å². The number of nitrogens with one attached hydrogen (secondary N) is 1. The monoisotopic (exact) mass is 515 g/mol. The van der Waals surface area contributed by atoms with Crippen LogP contribution in [0.4, 0.5) is 0 Å². The number of halogens is 1. The average Bonchev–Trinajstić information content (AvgIpc) is 3.46. The van der Waals surface area contributed by atoms with E-state index in [-0.39, 0.29) is 17.9 Å². The van der Waals surface area contributed by atoms with Crippen LogP contribution < -0.4 is 0 Å². The summed E-state index contributed by atoms with van der Waals surface area (Å²) in [7, 11) is 1.29. The summed E-state index contributed by atoms with van der Waals surface area (Å²) < 4.78 is 4.77. The summed E-state index contributed by atoms with van der Waals surface area (Å²) in [6.07, 6.45) is 5.25. The van der Waals surface area contributed by atoms with Crippen LogP contribution >= 0.6 is 11.6 Å². The normalized spacial score (nSPS) is 16.9. The van der Waals surface area contributed by atoms with Crippen LogP contribution in [0.3, 0.4) is 0 Å². The lowest BCUT2D eigenvalue weighted by Gasteiger charge is -2.25. The number of benzene rings is 2. The van der Waals surface area contributed by atoms with Gasteiger partial charge in [-0.2, -0.15) is 0 Å². The molecule has 0 spiro atoms. The number of aromatic amines is 1. The van der Waals surface area contributed by atoms with Gasteiger partial charge in [-0.1, -0.05) is 35.9 Å². The van der Waals surface area contributed by atoms with E-state index in [9.17, 15) is 19.5 Å². The fourth-order valence-corrected chi connectivity index (χ4v) is 4.89. The van der Waals surface area contributed by atoms with E-state index < -0.39 is 23.7 Å². The Labute approximate surface area is 217 Å². The predicted molar refractivity (Wildman–Crippen MR) is 138 cm³/mol. The van der Waals surface area contributed by atoms with Gasteiger partial charge in [-0.25, -0.2) is 4.79 Å². The Morgan fingerprint density at radius 2 is 1.89 bits per heavy atom. The van der Waals surface area contributed by atoms with Crippen LogP contribution in [0.2, 0.25) is 5.02 Å². The number of methoxy groups -OCH3 is 1. The zero-order valence-electron chi connectivity index (χ0n) is 19.8. The van der Waals surface area contributed by atoms with Gasteiger partial charge in [0.05, 0.1) is 34.8 Å². The largest absolute Gasteiger partial charge is 0.507 e. The van der Waals surface area contributed by atoms with E-state index >= 15 is 0 Å². The highest BCUT2D eigenvalue weighted by atomic mass is 35.5. The van der Waals surface area contributed by atoms with E-state index in [4.69, 9.17) is 16.3 Å². The highest BCUT2D eigenvalue weighted by Crippen LogP contribution is 2.39. The number of likely N-dealkylation sites (tertiary alicyclic amines) is 1. The van der Waals surface area contributed by atoms with Crippen LogP contribution in [0.5, 0.6) is 0 Å². The standard InChI is InChI=1S/C28H22ClN3O5/c1-37-28(36)17-9-7-16(8-10-17)24-22(25(33)19-4-3-12-30-14-19)26(34)27(35)32(24)13-11-18-15-31-23-20(18)5-2-6-21(23)29/h2-10,12,14-15,24,31,33H,11,13H2,1H3. The number of hydrogen-bond donors (Lipinski definition) is 2. The number of H-pyrrole nitrogens is 1. The van der Waals surface area contributed by atoms with Crippen molar-refractivity contribution in [3.63, 3.8) is 0 Å². The van der Waals surface area contributed by atoms with Crippen molar-refractivity contribution in [1.29, 1.82) is 0 Å². The van der Waals surface area contributed by atoms with Gasteiger partial charge in [-0.15, -0.1) is 0 Å². The van der Waals surface area contributed by atoms with Crippen molar-refractivity contribution < 1.29 is 24.2 Å². The molecule has 1 saturated heterocycles. The van der Waals surface area contributed by atoms with Gasteiger partial charge in [0.15, 0.2) is 0 Å². The average molecular weight is 516 g/mol. The van der Waals surface area contributed by atoms with E-state index in [0.29, 0.717) is 28.1 Å². The van der Waals surface area contributed by atoms with Gasteiger partial charge in [0.25, 0.3) is 11.7 Å². The molecule has 186 valence electrons. The summed E-state index contributed by atoms with van der Waals surface area (Å²) in [6, 6.07) is 14.4. The number of para-hydroxylation sites is 1. The number of aliphatic hydroxyl groups excluding tert-OH is 1. The number of aliphatic hydroxyl groups is 1. The maximum atomic E-state index is 13.2.